The number of likely N-dealkylation sites (N-methyl/N-ethyl adjacent to an activating group) is 1. The van der Waals surface area contributed by atoms with Crippen molar-refractivity contribution >= 4 is 17.6 Å². The Labute approximate surface area is 145 Å². The minimum absolute atomic E-state index is 0.119. The molecular formula is C19H19FN2O3. The average Bonchev–Trinajstić information content (AvgIpc) is 3.01. The predicted octanol–water partition coefficient (Wildman–Crippen LogP) is 2.51. The Hall–Kier alpha value is -2.73. The van der Waals surface area contributed by atoms with Crippen molar-refractivity contribution < 1.29 is 18.7 Å². The van der Waals surface area contributed by atoms with Crippen molar-refractivity contribution in [2.45, 2.75) is 19.1 Å². The van der Waals surface area contributed by atoms with Crippen LogP contribution in [0.4, 0.5) is 10.1 Å². The van der Waals surface area contributed by atoms with Crippen molar-refractivity contribution in [3.05, 3.63) is 65.5 Å². The highest BCUT2D eigenvalue weighted by Crippen LogP contribution is 2.26. The van der Waals surface area contributed by atoms with E-state index in [1.54, 1.807) is 7.05 Å². The molecule has 25 heavy (non-hydrogen) atoms. The zero-order chi connectivity index (χ0) is 17.8. The Morgan fingerprint density at radius 1 is 1.28 bits per heavy atom. The molecule has 0 aromatic heterocycles. The Balaban J connectivity index is 1.69. The molecule has 1 aliphatic heterocycles. The Bertz CT molecular complexity index is 779. The van der Waals surface area contributed by atoms with Gasteiger partial charge >= 0.3 is 5.97 Å². The SMILES string of the molecule is CNC1CCN(c2ccc(C(=O)OCc3ccccc3)cc2F)C1=O. The number of carbonyl (C=O) groups is 2. The number of carbonyl (C=O) groups excluding carboxylic acids is 2. The van der Waals surface area contributed by atoms with Gasteiger partial charge in [-0.25, -0.2) is 9.18 Å². The van der Waals surface area contributed by atoms with Gasteiger partial charge in [-0.1, -0.05) is 30.3 Å². The molecule has 0 bridgehead atoms. The van der Waals surface area contributed by atoms with Crippen LogP contribution in [-0.4, -0.2) is 31.5 Å². The first-order chi connectivity index (χ1) is 12.1. The lowest BCUT2D eigenvalue weighted by Gasteiger charge is -2.18. The zero-order valence-electron chi connectivity index (χ0n) is 13.9. The van der Waals surface area contributed by atoms with Gasteiger partial charge in [-0.05, 0) is 37.2 Å². The second-order valence-electron chi connectivity index (χ2n) is 5.85. The summed E-state index contributed by atoms with van der Waals surface area (Å²) in [4.78, 5) is 25.7. The van der Waals surface area contributed by atoms with Crippen LogP contribution in [0.1, 0.15) is 22.3 Å². The molecule has 3 rings (SSSR count). The van der Waals surface area contributed by atoms with Crippen LogP contribution in [0.15, 0.2) is 48.5 Å². The molecule has 1 heterocycles. The second-order valence-corrected chi connectivity index (χ2v) is 5.85. The molecule has 0 radical (unpaired) electrons. The standard InChI is InChI=1S/C19H19FN2O3/c1-21-16-9-10-22(18(16)23)17-8-7-14(11-15(17)20)19(24)25-12-13-5-3-2-4-6-13/h2-8,11,16,21H,9-10,12H2,1H3. The Morgan fingerprint density at radius 2 is 2.04 bits per heavy atom. The van der Waals surface area contributed by atoms with E-state index in [0.717, 1.165) is 11.6 Å². The van der Waals surface area contributed by atoms with Crippen LogP contribution in [-0.2, 0) is 16.1 Å². The van der Waals surface area contributed by atoms with Crippen molar-refractivity contribution in [2.24, 2.45) is 0 Å². The number of anilines is 1. The maximum atomic E-state index is 14.4. The molecule has 6 heteroatoms. The first kappa shape index (κ1) is 17.1. The first-order valence-corrected chi connectivity index (χ1v) is 8.09. The fourth-order valence-electron chi connectivity index (χ4n) is 2.85. The van der Waals surface area contributed by atoms with Crippen molar-refractivity contribution in [2.75, 3.05) is 18.5 Å². The highest BCUT2D eigenvalue weighted by Gasteiger charge is 2.32. The molecular weight excluding hydrogens is 323 g/mol. The van der Waals surface area contributed by atoms with E-state index in [2.05, 4.69) is 5.32 Å². The summed E-state index contributed by atoms with van der Waals surface area (Å²) in [5, 5.41) is 2.91. The molecule has 1 saturated heterocycles. The molecule has 2 aromatic rings. The van der Waals surface area contributed by atoms with E-state index in [1.165, 1.54) is 17.0 Å². The number of ether oxygens (including phenoxy) is 1. The topological polar surface area (TPSA) is 58.6 Å². The van der Waals surface area contributed by atoms with Gasteiger partial charge in [0, 0.05) is 6.54 Å². The minimum Gasteiger partial charge on any atom is -0.457 e. The number of nitrogens with zero attached hydrogens (tertiary/aromatic N) is 1. The molecule has 1 fully saturated rings. The highest BCUT2D eigenvalue weighted by molar-refractivity contribution is 6.00. The fraction of sp³-hybridized carbons (Fsp3) is 0.263. The first-order valence-electron chi connectivity index (χ1n) is 8.09. The van der Waals surface area contributed by atoms with Crippen LogP contribution in [0, 0.1) is 5.82 Å². The van der Waals surface area contributed by atoms with Crippen LogP contribution in [0.25, 0.3) is 0 Å². The predicted molar refractivity (Wildman–Crippen MR) is 91.8 cm³/mol. The van der Waals surface area contributed by atoms with E-state index in [9.17, 15) is 14.0 Å². The van der Waals surface area contributed by atoms with Gasteiger partial charge in [-0.2, -0.15) is 0 Å². The number of hydrogen-bond donors (Lipinski definition) is 1. The number of hydrogen-bond acceptors (Lipinski definition) is 4. The quantitative estimate of drug-likeness (QED) is 0.848. The van der Waals surface area contributed by atoms with Gasteiger partial charge in [0.2, 0.25) is 5.91 Å². The van der Waals surface area contributed by atoms with E-state index >= 15 is 0 Å². The minimum atomic E-state index is -0.612. The molecule has 130 valence electrons. The van der Waals surface area contributed by atoms with Gasteiger partial charge in [0.15, 0.2) is 0 Å². The fourth-order valence-corrected chi connectivity index (χ4v) is 2.85. The maximum Gasteiger partial charge on any atom is 0.338 e. The summed E-state index contributed by atoms with van der Waals surface area (Å²) in [5.74, 6) is -1.38. The van der Waals surface area contributed by atoms with Crippen LogP contribution in [0.5, 0.6) is 0 Å². The molecule has 0 aliphatic carbocycles. The molecule has 1 amide bonds. The average molecular weight is 342 g/mol. The summed E-state index contributed by atoms with van der Waals surface area (Å²) in [7, 11) is 1.70. The third kappa shape index (κ3) is 3.69. The van der Waals surface area contributed by atoms with Gasteiger partial charge in [0.1, 0.15) is 12.4 Å². The summed E-state index contributed by atoms with van der Waals surface area (Å²) in [6, 6.07) is 13.0. The maximum absolute atomic E-state index is 14.4. The van der Waals surface area contributed by atoms with Gasteiger partial charge in [-0.15, -0.1) is 0 Å². The molecule has 5 nitrogen and oxygen atoms in total. The smallest absolute Gasteiger partial charge is 0.338 e. The Morgan fingerprint density at radius 3 is 2.68 bits per heavy atom. The number of nitrogens with one attached hydrogen (secondary N) is 1. The van der Waals surface area contributed by atoms with E-state index in [4.69, 9.17) is 4.74 Å². The van der Waals surface area contributed by atoms with Crippen LogP contribution in [0.3, 0.4) is 0 Å². The second kappa shape index (κ2) is 7.44. The van der Waals surface area contributed by atoms with E-state index < -0.39 is 11.8 Å². The largest absolute Gasteiger partial charge is 0.457 e. The molecule has 2 aromatic carbocycles. The third-order valence-corrected chi connectivity index (χ3v) is 4.24. The molecule has 1 atom stereocenters. The summed E-state index contributed by atoms with van der Waals surface area (Å²) in [6.45, 7) is 0.566. The van der Waals surface area contributed by atoms with E-state index in [0.29, 0.717) is 13.0 Å². The third-order valence-electron chi connectivity index (χ3n) is 4.24. The van der Waals surface area contributed by atoms with Crippen molar-refractivity contribution in [1.82, 2.24) is 5.32 Å². The lowest BCUT2D eigenvalue weighted by Crippen LogP contribution is -2.36. The summed E-state index contributed by atoms with van der Waals surface area (Å²) < 4.78 is 19.6. The van der Waals surface area contributed by atoms with Crippen molar-refractivity contribution in [1.29, 1.82) is 0 Å². The lowest BCUT2D eigenvalue weighted by atomic mass is 10.2. The summed E-state index contributed by atoms with van der Waals surface area (Å²) >= 11 is 0. The number of rotatable bonds is 5. The van der Waals surface area contributed by atoms with Crippen molar-refractivity contribution in [3.8, 4) is 0 Å². The van der Waals surface area contributed by atoms with Gasteiger partial charge in [0.05, 0.1) is 17.3 Å². The van der Waals surface area contributed by atoms with E-state index in [-0.39, 0.29) is 29.8 Å². The molecule has 0 spiro atoms. The van der Waals surface area contributed by atoms with Gasteiger partial charge < -0.3 is 15.0 Å². The number of amides is 1. The summed E-state index contributed by atoms with van der Waals surface area (Å²) in [5.41, 5.74) is 1.16. The lowest BCUT2D eigenvalue weighted by molar-refractivity contribution is -0.118. The van der Waals surface area contributed by atoms with E-state index in [1.807, 2.05) is 30.3 Å². The number of halogens is 1. The molecule has 0 saturated carbocycles. The zero-order valence-corrected chi connectivity index (χ0v) is 13.9. The normalized spacial score (nSPS) is 17.0. The van der Waals surface area contributed by atoms with Crippen LogP contribution >= 0.6 is 0 Å². The van der Waals surface area contributed by atoms with Crippen molar-refractivity contribution in [3.63, 3.8) is 0 Å². The molecule has 1 aliphatic rings. The molecule has 1 unspecified atom stereocenters. The van der Waals surface area contributed by atoms with Gasteiger partial charge in [0.25, 0.3) is 0 Å². The van der Waals surface area contributed by atoms with Gasteiger partial charge in [-0.3, -0.25) is 4.79 Å². The number of esters is 1. The van der Waals surface area contributed by atoms with Crippen LogP contribution in [0.2, 0.25) is 0 Å². The van der Waals surface area contributed by atoms with Crippen LogP contribution < -0.4 is 10.2 Å². The Kier molecular flexibility index (Phi) is 5.09. The monoisotopic (exact) mass is 342 g/mol. The summed E-state index contributed by atoms with van der Waals surface area (Å²) in [6.07, 6.45) is 0.621. The highest BCUT2D eigenvalue weighted by atomic mass is 19.1. The molecule has 1 N–H and O–H groups in total. The number of benzene rings is 2.